The van der Waals surface area contributed by atoms with E-state index in [2.05, 4.69) is 11.3 Å². The Morgan fingerprint density at radius 3 is 2.46 bits per heavy atom. The smallest absolute Gasteiger partial charge is 0.240 e. The number of fused-ring (bicyclic) bond motifs is 1. The second-order valence-electron chi connectivity index (χ2n) is 17.4. The van der Waals surface area contributed by atoms with Crippen LogP contribution in [-0.4, -0.2) is 123 Å². The number of likely N-dealkylation sites (tertiary alicyclic amines) is 1. The number of nitrogens with zero attached hydrogens (tertiary/aromatic N) is 5. The Bertz CT molecular complexity index is 2240. The van der Waals surface area contributed by atoms with Crippen LogP contribution in [0.4, 0.5) is 5.13 Å². The van der Waals surface area contributed by atoms with E-state index in [0.29, 0.717) is 72.9 Å². The van der Waals surface area contributed by atoms with Crippen LogP contribution in [0.25, 0.3) is 22.3 Å². The highest BCUT2D eigenvalue weighted by atomic mass is 32.2. The normalized spacial score (nSPS) is 23.7. The second kappa shape index (κ2) is 16.4. The quantitative estimate of drug-likeness (QED) is 0.213. The number of methoxy groups -OCH3 is 1. The van der Waals surface area contributed by atoms with E-state index in [0.717, 1.165) is 5.13 Å². The molecule has 3 aromatic rings. The fourth-order valence-electron chi connectivity index (χ4n) is 8.12. The van der Waals surface area contributed by atoms with Crippen molar-refractivity contribution in [3.63, 3.8) is 0 Å². The summed E-state index contributed by atoms with van der Waals surface area (Å²) in [5.74, 6) is -1.76. The van der Waals surface area contributed by atoms with E-state index in [1.807, 2.05) is 57.3 Å². The van der Waals surface area contributed by atoms with E-state index in [9.17, 15) is 27.6 Å². The molecule has 2 aliphatic carbocycles. The van der Waals surface area contributed by atoms with E-state index in [-0.39, 0.29) is 49.8 Å². The SMILES string of the molecule is C=C[C@@H]1C[C@]1(CC(=O)[C@@H]1C[C@@H](Oc2cc(-c3csc(N(C)C)n3)nc3cc(OC)ccc23)CN1C(=O)[C@@H](CC(=O)N1CCOCC1)C(C)(C)C)C(=O)NS(=O)(=O)C1CC1. The van der Waals surface area contributed by atoms with Gasteiger partial charge in [-0.3, -0.25) is 23.9 Å². The number of hydrogen-bond donors (Lipinski definition) is 1. The third-order valence-corrected chi connectivity index (χ3v) is 14.8. The van der Waals surface area contributed by atoms with Crippen LogP contribution in [0.3, 0.4) is 0 Å². The first-order valence-corrected chi connectivity index (χ1v) is 22.5. The van der Waals surface area contributed by atoms with Crippen LogP contribution in [-0.2, 0) is 33.9 Å². The molecule has 318 valence electrons. The van der Waals surface area contributed by atoms with E-state index < -0.39 is 56.0 Å². The van der Waals surface area contributed by atoms with Gasteiger partial charge in [0.2, 0.25) is 27.7 Å². The molecule has 0 bridgehead atoms. The summed E-state index contributed by atoms with van der Waals surface area (Å²) in [6.45, 7) is 11.3. The van der Waals surface area contributed by atoms with E-state index in [1.54, 1.807) is 30.2 Å². The molecule has 2 saturated carbocycles. The number of Topliss-reactive ketones (excluding diaryl/α,β-unsaturated/α-hetero) is 1. The molecule has 4 fully saturated rings. The van der Waals surface area contributed by atoms with E-state index in [4.69, 9.17) is 24.2 Å². The Hall–Kier alpha value is -4.61. The summed E-state index contributed by atoms with van der Waals surface area (Å²) in [4.78, 5) is 71.7. The number of amides is 3. The molecule has 2 aliphatic heterocycles. The van der Waals surface area contributed by atoms with Crippen LogP contribution < -0.4 is 19.1 Å². The molecule has 0 spiro atoms. The van der Waals surface area contributed by atoms with Crippen molar-refractivity contribution in [1.29, 1.82) is 0 Å². The fraction of sp³-hybridized carbons (Fsp3) is 0.571. The summed E-state index contributed by atoms with van der Waals surface area (Å²) < 4.78 is 45.7. The predicted octanol–water partition coefficient (Wildman–Crippen LogP) is 4.45. The van der Waals surface area contributed by atoms with Crippen molar-refractivity contribution >= 4 is 60.9 Å². The molecule has 0 unspecified atom stereocenters. The topological polar surface area (TPSA) is 178 Å². The Morgan fingerprint density at radius 2 is 1.85 bits per heavy atom. The molecule has 0 radical (unpaired) electrons. The molecule has 4 aliphatic rings. The van der Waals surface area contributed by atoms with Gasteiger partial charge in [-0.1, -0.05) is 26.8 Å². The zero-order valence-corrected chi connectivity index (χ0v) is 36.2. The van der Waals surface area contributed by atoms with Gasteiger partial charge >= 0.3 is 0 Å². The first-order chi connectivity index (χ1) is 27.9. The van der Waals surface area contributed by atoms with Crippen molar-refractivity contribution in [3.8, 4) is 22.9 Å². The third kappa shape index (κ3) is 8.97. The van der Waals surface area contributed by atoms with Crippen molar-refractivity contribution in [3.05, 3.63) is 42.3 Å². The number of nitrogens with one attached hydrogen (secondary N) is 1. The minimum absolute atomic E-state index is 0.0322. The number of rotatable bonds is 15. The maximum atomic E-state index is 14.9. The molecule has 3 amide bonds. The zero-order chi connectivity index (χ0) is 42.4. The van der Waals surface area contributed by atoms with Gasteiger partial charge in [-0.15, -0.1) is 17.9 Å². The summed E-state index contributed by atoms with van der Waals surface area (Å²) in [7, 11) is 1.52. The van der Waals surface area contributed by atoms with Crippen molar-refractivity contribution in [2.45, 2.75) is 76.7 Å². The molecule has 15 nitrogen and oxygen atoms in total. The van der Waals surface area contributed by atoms with Crippen LogP contribution in [0.2, 0.25) is 0 Å². The number of sulfonamides is 1. The average Bonchev–Trinajstić information content (AvgIpc) is 4.08. The van der Waals surface area contributed by atoms with Crippen LogP contribution in [0, 0.1) is 22.7 Å². The second-order valence-corrected chi connectivity index (χ2v) is 20.2. The molecule has 17 heteroatoms. The third-order valence-electron chi connectivity index (χ3n) is 12.0. The van der Waals surface area contributed by atoms with Crippen molar-refractivity contribution in [2.75, 3.05) is 59.0 Å². The van der Waals surface area contributed by atoms with Gasteiger partial charge in [0.15, 0.2) is 10.9 Å². The number of carbonyl (C=O) groups excluding carboxylic acids is 4. The zero-order valence-electron chi connectivity index (χ0n) is 34.6. The molecular weight excluding hydrogens is 797 g/mol. The molecule has 1 N–H and O–H groups in total. The lowest BCUT2D eigenvalue weighted by Gasteiger charge is -2.36. The maximum Gasteiger partial charge on any atom is 0.240 e. The summed E-state index contributed by atoms with van der Waals surface area (Å²) in [5.41, 5.74) is -0.157. The van der Waals surface area contributed by atoms with Crippen molar-refractivity contribution in [1.82, 2.24) is 24.5 Å². The summed E-state index contributed by atoms with van der Waals surface area (Å²) >= 11 is 1.48. The van der Waals surface area contributed by atoms with Gasteiger partial charge < -0.3 is 28.9 Å². The molecule has 1 aromatic carbocycles. The highest BCUT2D eigenvalue weighted by Gasteiger charge is 2.61. The van der Waals surface area contributed by atoms with Gasteiger partial charge in [-0.05, 0) is 42.7 Å². The lowest BCUT2D eigenvalue weighted by Crippen LogP contribution is -2.50. The first-order valence-electron chi connectivity index (χ1n) is 20.1. The number of anilines is 1. The van der Waals surface area contributed by atoms with Gasteiger partial charge in [0.1, 0.15) is 23.3 Å². The van der Waals surface area contributed by atoms with Gasteiger partial charge in [-0.25, -0.2) is 18.4 Å². The monoisotopic (exact) mass is 850 g/mol. The van der Waals surface area contributed by atoms with Crippen molar-refractivity contribution < 1.29 is 41.8 Å². The van der Waals surface area contributed by atoms with Gasteiger partial charge in [-0.2, -0.15) is 0 Å². The van der Waals surface area contributed by atoms with E-state index in [1.165, 1.54) is 16.2 Å². The summed E-state index contributed by atoms with van der Waals surface area (Å²) in [6, 6.07) is 6.25. The van der Waals surface area contributed by atoms with Crippen molar-refractivity contribution in [2.24, 2.45) is 22.7 Å². The number of hydrogen-bond acceptors (Lipinski definition) is 13. The highest BCUT2D eigenvalue weighted by molar-refractivity contribution is 7.90. The van der Waals surface area contributed by atoms with Crippen LogP contribution >= 0.6 is 11.3 Å². The van der Waals surface area contributed by atoms with Gasteiger partial charge in [0.05, 0.1) is 60.7 Å². The number of allylic oxidation sites excluding steroid dienone is 1. The highest BCUT2D eigenvalue weighted by Crippen LogP contribution is 2.57. The number of carbonyl (C=O) groups is 4. The van der Waals surface area contributed by atoms with Crippen LogP contribution in [0.5, 0.6) is 11.5 Å². The Kier molecular flexibility index (Phi) is 11.9. The number of thiazole rings is 1. The number of morpholine rings is 1. The van der Waals surface area contributed by atoms with Gasteiger partial charge in [0.25, 0.3) is 0 Å². The Labute approximate surface area is 349 Å². The molecule has 2 saturated heterocycles. The Morgan fingerprint density at radius 1 is 1.12 bits per heavy atom. The maximum absolute atomic E-state index is 14.9. The predicted molar refractivity (Wildman–Crippen MR) is 224 cm³/mol. The number of ether oxygens (including phenoxy) is 3. The minimum Gasteiger partial charge on any atom is -0.497 e. The molecule has 4 heterocycles. The average molecular weight is 851 g/mol. The van der Waals surface area contributed by atoms with Gasteiger partial charge in [0, 0.05) is 69.3 Å². The van der Waals surface area contributed by atoms with Crippen LogP contribution in [0.15, 0.2) is 42.3 Å². The molecular formula is C42H54N6O9S2. The van der Waals surface area contributed by atoms with E-state index >= 15 is 0 Å². The molecule has 7 rings (SSSR count). The molecule has 5 atom stereocenters. The summed E-state index contributed by atoms with van der Waals surface area (Å²) in [6.07, 6.45) is 1.88. The standard InChI is InChI=1S/C42H54N6O9S2/c1-8-25-21-42(25,39(52)45-59(53,54)28-10-11-28)22-35(49)34-18-27(23-48(34)38(51)30(41(2,3)4)19-37(50)47-13-15-56-16-14-47)57-36-20-32(33-24-58-40(44-33)46(5)6)43-31-17-26(55-7)9-12-29(31)36/h8-9,12,17,20,24-25,27-28,30,34H,1,10-11,13-16,18-19,21-23H2,2-7H3,(H,45,52)/t25-,27-,30-,34+,42-/m1/s1. The Balaban J connectivity index is 1.22. The number of benzene rings is 1. The number of aromatic nitrogens is 2. The summed E-state index contributed by atoms with van der Waals surface area (Å²) in [5, 5.41) is 2.78. The van der Waals surface area contributed by atoms with Crippen LogP contribution in [0.1, 0.15) is 59.3 Å². The minimum atomic E-state index is -3.87. The largest absolute Gasteiger partial charge is 0.497 e. The number of ketones is 1. The molecule has 2 aromatic heterocycles. The lowest BCUT2D eigenvalue weighted by molar-refractivity contribution is -0.149. The lowest BCUT2D eigenvalue weighted by atomic mass is 9.77. The fourth-order valence-corrected chi connectivity index (χ4v) is 10.3. The number of pyridine rings is 1. The molecule has 59 heavy (non-hydrogen) atoms. The first kappa shape index (κ1) is 42.5.